The summed E-state index contributed by atoms with van der Waals surface area (Å²) in [5, 5.41) is 0.829. The SMILES string of the molecule is COC(=O)N(CCCBr)c1ccccc1OC. The van der Waals surface area contributed by atoms with Crippen molar-refractivity contribution < 1.29 is 14.3 Å². The van der Waals surface area contributed by atoms with Crippen LogP contribution in [-0.4, -0.2) is 32.2 Å². The number of hydrogen-bond donors (Lipinski definition) is 0. The molecule has 0 N–H and O–H groups in total. The number of carbonyl (C=O) groups is 1. The van der Waals surface area contributed by atoms with Crippen molar-refractivity contribution in [1.82, 2.24) is 0 Å². The van der Waals surface area contributed by atoms with E-state index >= 15 is 0 Å². The summed E-state index contributed by atoms with van der Waals surface area (Å²) in [7, 11) is 2.96. The number of anilines is 1. The van der Waals surface area contributed by atoms with Crippen LogP contribution in [0.2, 0.25) is 0 Å². The van der Waals surface area contributed by atoms with Gasteiger partial charge in [0.05, 0.1) is 19.9 Å². The Kier molecular flexibility index (Phi) is 5.83. The highest BCUT2D eigenvalue weighted by Gasteiger charge is 2.18. The summed E-state index contributed by atoms with van der Waals surface area (Å²) < 4.78 is 10.0. The Bertz CT molecular complexity index is 371. The maximum absolute atomic E-state index is 11.7. The molecule has 0 fully saturated rings. The van der Waals surface area contributed by atoms with Crippen LogP contribution >= 0.6 is 15.9 Å². The van der Waals surface area contributed by atoms with Gasteiger partial charge in [-0.3, -0.25) is 4.90 Å². The molecular weight excluding hydrogens is 286 g/mol. The topological polar surface area (TPSA) is 38.8 Å². The standard InChI is InChI=1S/C12H16BrNO3/c1-16-11-7-4-3-6-10(11)14(9-5-8-13)12(15)17-2/h3-4,6-7H,5,8-9H2,1-2H3. The number of nitrogens with zero attached hydrogens (tertiary/aromatic N) is 1. The summed E-state index contributed by atoms with van der Waals surface area (Å²) in [5.74, 6) is 0.660. The number of methoxy groups -OCH3 is 2. The molecule has 1 rings (SSSR count). The van der Waals surface area contributed by atoms with Crippen LogP contribution in [0.3, 0.4) is 0 Å². The number of hydrogen-bond acceptors (Lipinski definition) is 3. The van der Waals surface area contributed by atoms with Gasteiger partial charge in [0.1, 0.15) is 5.75 Å². The number of ether oxygens (including phenoxy) is 2. The monoisotopic (exact) mass is 301 g/mol. The summed E-state index contributed by atoms with van der Waals surface area (Å²) in [4.78, 5) is 13.3. The third-order valence-electron chi connectivity index (χ3n) is 2.29. The van der Waals surface area contributed by atoms with E-state index in [0.29, 0.717) is 12.3 Å². The maximum Gasteiger partial charge on any atom is 0.414 e. The van der Waals surface area contributed by atoms with Gasteiger partial charge in [0.2, 0.25) is 0 Å². The second kappa shape index (κ2) is 7.17. The van der Waals surface area contributed by atoms with E-state index in [9.17, 15) is 4.79 Å². The molecule has 0 atom stereocenters. The molecule has 0 bridgehead atoms. The lowest BCUT2D eigenvalue weighted by Gasteiger charge is -2.22. The van der Waals surface area contributed by atoms with Crippen molar-refractivity contribution in [2.45, 2.75) is 6.42 Å². The second-order valence-corrected chi connectivity index (χ2v) is 4.13. The van der Waals surface area contributed by atoms with E-state index in [4.69, 9.17) is 9.47 Å². The Morgan fingerprint density at radius 1 is 1.35 bits per heavy atom. The summed E-state index contributed by atoms with van der Waals surface area (Å²) in [6, 6.07) is 7.38. The van der Waals surface area contributed by atoms with Gasteiger partial charge in [-0.25, -0.2) is 4.79 Å². The molecule has 0 aliphatic rings. The highest BCUT2D eigenvalue weighted by molar-refractivity contribution is 9.09. The highest BCUT2D eigenvalue weighted by atomic mass is 79.9. The lowest BCUT2D eigenvalue weighted by atomic mass is 10.2. The first-order valence-corrected chi connectivity index (χ1v) is 6.41. The minimum Gasteiger partial charge on any atom is -0.495 e. The summed E-state index contributed by atoms with van der Waals surface area (Å²) in [5.41, 5.74) is 0.725. The first-order chi connectivity index (χ1) is 8.24. The summed E-state index contributed by atoms with van der Waals surface area (Å²) >= 11 is 3.35. The lowest BCUT2D eigenvalue weighted by molar-refractivity contribution is 0.178. The fraction of sp³-hybridized carbons (Fsp3) is 0.417. The summed E-state index contributed by atoms with van der Waals surface area (Å²) in [6.45, 7) is 0.582. The number of benzene rings is 1. The van der Waals surface area contributed by atoms with E-state index in [0.717, 1.165) is 17.4 Å². The van der Waals surface area contributed by atoms with E-state index < -0.39 is 0 Å². The van der Waals surface area contributed by atoms with Crippen molar-refractivity contribution in [2.24, 2.45) is 0 Å². The van der Waals surface area contributed by atoms with Crippen LogP contribution in [0.15, 0.2) is 24.3 Å². The van der Waals surface area contributed by atoms with Crippen LogP contribution in [-0.2, 0) is 4.74 Å². The number of carbonyl (C=O) groups excluding carboxylic acids is 1. The normalized spacial score (nSPS) is 9.82. The van der Waals surface area contributed by atoms with Gasteiger partial charge in [0, 0.05) is 11.9 Å². The predicted octanol–water partition coefficient (Wildman–Crippen LogP) is 3.05. The molecule has 0 radical (unpaired) electrons. The Labute approximate surface area is 110 Å². The Morgan fingerprint density at radius 3 is 2.65 bits per heavy atom. The van der Waals surface area contributed by atoms with Crippen molar-refractivity contribution >= 4 is 27.7 Å². The third kappa shape index (κ3) is 3.63. The largest absolute Gasteiger partial charge is 0.495 e. The predicted molar refractivity (Wildman–Crippen MR) is 71.2 cm³/mol. The average molecular weight is 302 g/mol. The van der Waals surface area contributed by atoms with Crippen molar-refractivity contribution in [3.05, 3.63) is 24.3 Å². The Hall–Kier alpha value is -1.23. The minimum atomic E-state index is -0.379. The molecule has 1 aromatic carbocycles. The van der Waals surface area contributed by atoms with Gasteiger partial charge in [0.15, 0.2) is 0 Å². The molecule has 0 unspecified atom stereocenters. The molecule has 0 aromatic heterocycles. The lowest BCUT2D eigenvalue weighted by Crippen LogP contribution is -2.32. The molecule has 0 aliphatic heterocycles. The number of para-hydroxylation sites is 2. The highest BCUT2D eigenvalue weighted by Crippen LogP contribution is 2.28. The van der Waals surface area contributed by atoms with Crippen LogP contribution < -0.4 is 9.64 Å². The first-order valence-electron chi connectivity index (χ1n) is 5.29. The summed E-state index contributed by atoms with van der Waals surface area (Å²) in [6.07, 6.45) is 0.461. The van der Waals surface area contributed by atoms with E-state index in [1.54, 1.807) is 12.0 Å². The molecule has 0 saturated heterocycles. The fourth-order valence-corrected chi connectivity index (χ4v) is 1.74. The van der Waals surface area contributed by atoms with Crippen LogP contribution in [0.5, 0.6) is 5.75 Å². The van der Waals surface area contributed by atoms with Gasteiger partial charge in [-0.1, -0.05) is 28.1 Å². The average Bonchev–Trinajstić information content (AvgIpc) is 2.39. The Morgan fingerprint density at radius 2 is 2.06 bits per heavy atom. The molecule has 17 heavy (non-hydrogen) atoms. The van der Waals surface area contributed by atoms with E-state index in [1.807, 2.05) is 24.3 Å². The van der Waals surface area contributed by atoms with Crippen molar-refractivity contribution in [3.8, 4) is 5.75 Å². The minimum absolute atomic E-state index is 0.379. The third-order valence-corrected chi connectivity index (χ3v) is 2.85. The smallest absolute Gasteiger partial charge is 0.414 e. The first kappa shape index (κ1) is 13.8. The van der Waals surface area contributed by atoms with Crippen molar-refractivity contribution in [1.29, 1.82) is 0 Å². The molecule has 0 saturated carbocycles. The van der Waals surface area contributed by atoms with Gasteiger partial charge in [-0.2, -0.15) is 0 Å². The molecule has 4 nitrogen and oxygen atoms in total. The second-order valence-electron chi connectivity index (χ2n) is 3.34. The van der Waals surface area contributed by atoms with Crippen LogP contribution in [0.25, 0.3) is 0 Å². The quantitative estimate of drug-likeness (QED) is 0.785. The molecule has 1 aromatic rings. The van der Waals surface area contributed by atoms with Crippen molar-refractivity contribution in [2.75, 3.05) is 31.0 Å². The maximum atomic E-state index is 11.7. The van der Waals surface area contributed by atoms with E-state index in [-0.39, 0.29) is 6.09 Å². The van der Waals surface area contributed by atoms with Gasteiger partial charge in [0.25, 0.3) is 0 Å². The number of amides is 1. The number of halogens is 1. The molecule has 94 valence electrons. The molecule has 1 amide bonds. The van der Waals surface area contributed by atoms with Crippen LogP contribution in [0, 0.1) is 0 Å². The van der Waals surface area contributed by atoms with E-state index in [1.165, 1.54) is 7.11 Å². The Balaban J connectivity index is 2.98. The van der Waals surface area contributed by atoms with Gasteiger partial charge in [-0.15, -0.1) is 0 Å². The fourth-order valence-electron chi connectivity index (χ4n) is 1.49. The molecule has 0 aliphatic carbocycles. The van der Waals surface area contributed by atoms with Gasteiger partial charge >= 0.3 is 6.09 Å². The van der Waals surface area contributed by atoms with Gasteiger partial charge in [-0.05, 0) is 18.6 Å². The van der Waals surface area contributed by atoms with Crippen LogP contribution in [0.4, 0.5) is 10.5 Å². The zero-order valence-corrected chi connectivity index (χ0v) is 11.6. The zero-order chi connectivity index (χ0) is 12.7. The van der Waals surface area contributed by atoms with E-state index in [2.05, 4.69) is 15.9 Å². The van der Waals surface area contributed by atoms with Crippen molar-refractivity contribution in [3.63, 3.8) is 0 Å². The molecule has 0 heterocycles. The zero-order valence-electron chi connectivity index (χ0n) is 9.98. The molecule has 5 heteroatoms. The molecule has 0 spiro atoms. The number of alkyl halides is 1. The molecular formula is C12H16BrNO3. The number of rotatable bonds is 5. The van der Waals surface area contributed by atoms with Gasteiger partial charge < -0.3 is 9.47 Å². The van der Waals surface area contributed by atoms with Crippen LogP contribution in [0.1, 0.15) is 6.42 Å².